The molecule has 4 N–H and O–H groups in total. The third-order valence-electron chi connectivity index (χ3n) is 11.4. The number of aliphatic hydroxyl groups is 3. The zero-order valence-corrected chi connectivity index (χ0v) is 37.5. The van der Waals surface area contributed by atoms with Crippen molar-refractivity contribution in [3.05, 3.63) is 36.5 Å². The first kappa shape index (κ1) is 54.6. The van der Waals surface area contributed by atoms with Crippen molar-refractivity contribution >= 4 is 5.91 Å². The summed E-state index contributed by atoms with van der Waals surface area (Å²) in [7, 11) is 0. The third kappa shape index (κ3) is 40.8. The highest BCUT2D eigenvalue weighted by atomic mass is 16.3. The molecular formula is C51H97NO4. The average Bonchev–Trinajstić information content (AvgIpc) is 3.20. The molecule has 0 saturated carbocycles. The molecule has 0 aliphatic rings. The van der Waals surface area contributed by atoms with Gasteiger partial charge < -0.3 is 20.6 Å². The SMILES string of the molecule is CCCC/C=C/CC/C=C/CCCC(O)C(O)C(CO)NC(=O)CCCCCCCCCCCCCCCCC/C=C\CCCCCCCCCCCCCC. The lowest BCUT2D eigenvalue weighted by molar-refractivity contribution is -0.124. The van der Waals surface area contributed by atoms with E-state index in [1.54, 1.807) is 0 Å². The summed E-state index contributed by atoms with van der Waals surface area (Å²) in [5, 5.41) is 33.4. The van der Waals surface area contributed by atoms with E-state index in [1.807, 2.05) is 0 Å². The van der Waals surface area contributed by atoms with Crippen molar-refractivity contribution < 1.29 is 20.1 Å². The average molecular weight is 788 g/mol. The molecule has 3 unspecified atom stereocenters. The van der Waals surface area contributed by atoms with Gasteiger partial charge in [-0.1, -0.05) is 217 Å². The van der Waals surface area contributed by atoms with E-state index >= 15 is 0 Å². The molecular weight excluding hydrogens is 691 g/mol. The molecule has 3 atom stereocenters. The van der Waals surface area contributed by atoms with Crippen LogP contribution >= 0.6 is 0 Å². The summed E-state index contributed by atoms with van der Waals surface area (Å²) >= 11 is 0. The number of carbonyl (C=O) groups is 1. The largest absolute Gasteiger partial charge is 0.394 e. The minimum absolute atomic E-state index is 0.158. The second kappa shape index (κ2) is 46.3. The number of aliphatic hydroxyl groups excluding tert-OH is 3. The minimum Gasteiger partial charge on any atom is -0.394 e. The first-order valence-corrected chi connectivity index (χ1v) is 24.8. The molecule has 0 saturated heterocycles. The van der Waals surface area contributed by atoms with Gasteiger partial charge in [-0.3, -0.25) is 4.79 Å². The van der Waals surface area contributed by atoms with Crippen LogP contribution in [0.15, 0.2) is 36.5 Å². The number of carbonyl (C=O) groups excluding carboxylic acids is 1. The first-order chi connectivity index (χ1) is 27.6. The summed E-state index contributed by atoms with van der Waals surface area (Å²) in [5.74, 6) is -0.158. The monoisotopic (exact) mass is 788 g/mol. The number of allylic oxidation sites excluding steroid dienone is 6. The Labute approximate surface area is 349 Å². The smallest absolute Gasteiger partial charge is 0.220 e. The number of rotatable bonds is 45. The van der Waals surface area contributed by atoms with E-state index in [4.69, 9.17) is 0 Å². The molecule has 0 fully saturated rings. The third-order valence-corrected chi connectivity index (χ3v) is 11.4. The molecule has 0 aromatic heterocycles. The lowest BCUT2D eigenvalue weighted by Gasteiger charge is -2.26. The first-order valence-electron chi connectivity index (χ1n) is 24.8. The van der Waals surface area contributed by atoms with Crippen LogP contribution in [-0.2, 0) is 4.79 Å². The molecule has 0 radical (unpaired) electrons. The lowest BCUT2D eigenvalue weighted by Crippen LogP contribution is -2.50. The van der Waals surface area contributed by atoms with Gasteiger partial charge in [0.05, 0.1) is 18.8 Å². The Morgan fingerprint density at radius 1 is 0.429 bits per heavy atom. The molecule has 5 nitrogen and oxygen atoms in total. The van der Waals surface area contributed by atoms with Crippen molar-refractivity contribution in [3.8, 4) is 0 Å². The van der Waals surface area contributed by atoms with Crippen molar-refractivity contribution in [2.45, 2.75) is 276 Å². The van der Waals surface area contributed by atoms with Gasteiger partial charge in [-0.05, 0) is 70.6 Å². The van der Waals surface area contributed by atoms with Crippen LogP contribution in [0.1, 0.15) is 258 Å². The molecule has 0 rings (SSSR count). The summed E-state index contributed by atoms with van der Waals surface area (Å²) in [4.78, 5) is 12.4. The summed E-state index contributed by atoms with van der Waals surface area (Å²) in [6, 6.07) is -0.830. The van der Waals surface area contributed by atoms with Gasteiger partial charge in [0.1, 0.15) is 6.10 Å². The Balaban J connectivity index is 3.50. The van der Waals surface area contributed by atoms with E-state index in [9.17, 15) is 20.1 Å². The topological polar surface area (TPSA) is 89.8 Å². The van der Waals surface area contributed by atoms with E-state index in [0.29, 0.717) is 12.8 Å². The zero-order valence-electron chi connectivity index (χ0n) is 37.5. The van der Waals surface area contributed by atoms with Crippen LogP contribution in [0.4, 0.5) is 0 Å². The van der Waals surface area contributed by atoms with E-state index in [0.717, 1.165) is 51.4 Å². The van der Waals surface area contributed by atoms with Gasteiger partial charge >= 0.3 is 0 Å². The second-order valence-electron chi connectivity index (χ2n) is 17.0. The predicted molar refractivity (Wildman–Crippen MR) is 245 cm³/mol. The fourth-order valence-electron chi connectivity index (χ4n) is 7.57. The zero-order chi connectivity index (χ0) is 40.8. The van der Waals surface area contributed by atoms with Gasteiger partial charge in [0.25, 0.3) is 0 Å². The molecule has 0 heterocycles. The number of nitrogens with one attached hydrogen (secondary N) is 1. The normalized spacial score (nSPS) is 13.7. The van der Waals surface area contributed by atoms with E-state index < -0.39 is 18.2 Å². The van der Waals surface area contributed by atoms with Crippen LogP contribution in [0.25, 0.3) is 0 Å². The maximum absolute atomic E-state index is 12.4. The van der Waals surface area contributed by atoms with Crippen molar-refractivity contribution in [2.75, 3.05) is 6.61 Å². The quantitative estimate of drug-likeness (QED) is 0.0365. The van der Waals surface area contributed by atoms with Crippen LogP contribution in [0.2, 0.25) is 0 Å². The molecule has 0 aromatic rings. The van der Waals surface area contributed by atoms with Crippen LogP contribution < -0.4 is 5.32 Å². The molecule has 5 heteroatoms. The summed E-state index contributed by atoms with van der Waals surface area (Å²) in [6.45, 7) is 4.12. The maximum atomic E-state index is 12.4. The Bertz CT molecular complexity index is 870. The molecule has 330 valence electrons. The van der Waals surface area contributed by atoms with Gasteiger partial charge in [-0.15, -0.1) is 0 Å². The molecule has 0 aromatic carbocycles. The minimum atomic E-state index is -1.16. The summed E-state index contributed by atoms with van der Waals surface area (Å²) in [5.41, 5.74) is 0. The predicted octanol–water partition coefficient (Wildman–Crippen LogP) is 14.7. The van der Waals surface area contributed by atoms with Gasteiger partial charge in [0.2, 0.25) is 5.91 Å². The van der Waals surface area contributed by atoms with E-state index in [2.05, 4.69) is 55.6 Å². The van der Waals surface area contributed by atoms with Crippen molar-refractivity contribution in [2.24, 2.45) is 0 Å². The summed E-state index contributed by atoms with van der Waals surface area (Å²) < 4.78 is 0. The molecule has 56 heavy (non-hydrogen) atoms. The fourth-order valence-corrected chi connectivity index (χ4v) is 7.57. The van der Waals surface area contributed by atoms with E-state index in [-0.39, 0.29) is 12.5 Å². The van der Waals surface area contributed by atoms with Gasteiger partial charge in [0.15, 0.2) is 0 Å². The van der Waals surface area contributed by atoms with Gasteiger partial charge in [-0.25, -0.2) is 0 Å². The highest BCUT2D eigenvalue weighted by Crippen LogP contribution is 2.16. The Hall–Kier alpha value is -1.43. The van der Waals surface area contributed by atoms with Crippen LogP contribution in [0, 0.1) is 0 Å². The summed E-state index contributed by atoms with van der Waals surface area (Å²) in [6.07, 6.45) is 58.7. The van der Waals surface area contributed by atoms with Crippen molar-refractivity contribution in [1.29, 1.82) is 0 Å². The lowest BCUT2D eigenvalue weighted by atomic mass is 10.0. The number of amides is 1. The molecule has 0 bridgehead atoms. The van der Waals surface area contributed by atoms with Gasteiger partial charge in [-0.2, -0.15) is 0 Å². The maximum Gasteiger partial charge on any atom is 0.220 e. The van der Waals surface area contributed by atoms with Gasteiger partial charge in [0, 0.05) is 6.42 Å². The second-order valence-corrected chi connectivity index (χ2v) is 17.0. The van der Waals surface area contributed by atoms with Crippen molar-refractivity contribution in [1.82, 2.24) is 5.32 Å². The Kier molecular flexibility index (Phi) is 45.1. The van der Waals surface area contributed by atoms with E-state index in [1.165, 1.54) is 180 Å². The molecule has 0 aliphatic carbocycles. The highest BCUT2D eigenvalue weighted by molar-refractivity contribution is 5.76. The van der Waals surface area contributed by atoms with Crippen molar-refractivity contribution in [3.63, 3.8) is 0 Å². The number of hydrogen-bond donors (Lipinski definition) is 4. The number of unbranched alkanes of at least 4 members (excludes halogenated alkanes) is 31. The fraction of sp³-hybridized carbons (Fsp3) is 0.863. The standard InChI is InChI=1S/C51H97NO4/c1-3-5-7-9-11-13-15-16-17-18-19-20-21-22-23-24-25-26-27-28-29-30-31-32-33-34-36-38-40-42-44-46-50(55)52-48(47-53)51(56)49(54)45-43-41-39-37-35-14-12-10-8-6-4-2/h10,12,22-23,37,39,48-49,51,53-54,56H,3-9,11,13-21,24-36,38,40-47H2,1-2H3,(H,52,55)/b12-10+,23-22-,39-37+. The molecule has 1 amide bonds. The highest BCUT2D eigenvalue weighted by Gasteiger charge is 2.26. The molecule has 0 spiro atoms. The number of hydrogen-bond acceptors (Lipinski definition) is 4. The van der Waals surface area contributed by atoms with Crippen LogP contribution in [0.5, 0.6) is 0 Å². The Morgan fingerprint density at radius 3 is 1.14 bits per heavy atom. The van der Waals surface area contributed by atoms with Crippen LogP contribution in [0.3, 0.4) is 0 Å². The van der Waals surface area contributed by atoms with Crippen LogP contribution in [-0.4, -0.2) is 46.1 Å². The Morgan fingerprint density at radius 2 is 0.750 bits per heavy atom. The molecule has 0 aliphatic heterocycles.